The predicted molar refractivity (Wildman–Crippen MR) is 70.7 cm³/mol. The number of amides is 1. The van der Waals surface area contributed by atoms with E-state index in [9.17, 15) is 4.79 Å². The number of halogens is 2. The molecule has 17 heavy (non-hydrogen) atoms. The van der Waals surface area contributed by atoms with Crippen LogP contribution in [0.3, 0.4) is 0 Å². The van der Waals surface area contributed by atoms with Crippen molar-refractivity contribution >= 4 is 45.6 Å². The maximum Gasteiger partial charge on any atom is 0.225 e. The summed E-state index contributed by atoms with van der Waals surface area (Å²) in [6, 6.07) is 5.36. The molecule has 0 unspecified atom stereocenters. The Morgan fingerprint density at radius 2 is 2.24 bits per heavy atom. The zero-order valence-corrected chi connectivity index (χ0v) is 10.4. The highest BCUT2D eigenvalue weighted by molar-refractivity contribution is 6.32. The van der Waals surface area contributed by atoms with Crippen LogP contribution >= 0.6 is 23.2 Å². The summed E-state index contributed by atoms with van der Waals surface area (Å²) in [5.41, 5.74) is 0.685. The summed E-state index contributed by atoms with van der Waals surface area (Å²) in [6.07, 6.45) is 3.66. The number of carbonyl (C=O) groups is 1. The standard InChI is InChI=1S/C12H10Cl2N2O/c13-3-1-12(17)16-11-6-9(14)5-8-7-15-4-2-10(8)11/h2,4-7H,1,3H2,(H,16,17). The van der Waals surface area contributed by atoms with Gasteiger partial charge in [-0.3, -0.25) is 9.78 Å². The van der Waals surface area contributed by atoms with Crippen molar-refractivity contribution in [1.82, 2.24) is 4.98 Å². The van der Waals surface area contributed by atoms with Gasteiger partial charge >= 0.3 is 0 Å². The van der Waals surface area contributed by atoms with E-state index in [1.807, 2.05) is 6.07 Å². The molecule has 1 amide bonds. The van der Waals surface area contributed by atoms with Gasteiger partial charge in [0.2, 0.25) is 5.91 Å². The van der Waals surface area contributed by atoms with Crippen LogP contribution in [0.15, 0.2) is 30.6 Å². The van der Waals surface area contributed by atoms with E-state index in [1.54, 1.807) is 24.5 Å². The summed E-state index contributed by atoms with van der Waals surface area (Å²) in [4.78, 5) is 15.5. The number of nitrogens with zero attached hydrogens (tertiary/aromatic N) is 1. The third kappa shape index (κ3) is 2.87. The Bertz CT molecular complexity index is 557. The number of rotatable bonds is 3. The van der Waals surface area contributed by atoms with Gasteiger partial charge in [0, 0.05) is 40.5 Å². The molecule has 1 aromatic carbocycles. The minimum absolute atomic E-state index is 0.125. The highest BCUT2D eigenvalue weighted by atomic mass is 35.5. The second-order valence-corrected chi connectivity index (χ2v) is 4.35. The number of hydrogen-bond donors (Lipinski definition) is 1. The van der Waals surface area contributed by atoms with E-state index < -0.39 is 0 Å². The summed E-state index contributed by atoms with van der Waals surface area (Å²) in [5, 5.41) is 5.15. The smallest absolute Gasteiger partial charge is 0.225 e. The fraction of sp³-hybridized carbons (Fsp3) is 0.167. The number of pyridine rings is 1. The lowest BCUT2D eigenvalue weighted by Crippen LogP contribution is -2.11. The van der Waals surface area contributed by atoms with Crippen molar-refractivity contribution < 1.29 is 4.79 Å². The molecule has 0 aliphatic carbocycles. The molecule has 88 valence electrons. The lowest BCUT2D eigenvalue weighted by Gasteiger charge is -2.08. The second-order valence-electron chi connectivity index (χ2n) is 3.54. The Balaban J connectivity index is 2.42. The van der Waals surface area contributed by atoms with Crippen molar-refractivity contribution in [2.75, 3.05) is 11.2 Å². The fourth-order valence-corrected chi connectivity index (χ4v) is 1.97. The molecule has 2 rings (SSSR count). The van der Waals surface area contributed by atoms with E-state index in [-0.39, 0.29) is 12.3 Å². The highest BCUT2D eigenvalue weighted by Gasteiger charge is 2.06. The topological polar surface area (TPSA) is 42.0 Å². The number of nitrogens with one attached hydrogen (secondary N) is 1. The molecule has 1 heterocycles. The molecule has 0 fully saturated rings. The molecule has 0 atom stereocenters. The number of anilines is 1. The average molecular weight is 269 g/mol. The van der Waals surface area contributed by atoms with Gasteiger partial charge in [-0.2, -0.15) is 0 Å². The largest absolute Gasteiger partial charge is 0.325 e. The maximum absolute atomic E-state index is 11.5. The van der Waals surface area contributed by atoms with Crippen LogP contribution in [-0.2, 0) is 4.79 Å². The minimum Gasteiger partial charge on any atom is -0.325 e. The minimum atomic E-state index is -0.125. The van der Waals surface area contributed by atoms with Crippen LogP contribution in [-0.4, -0.2) is 16.8 Å². The lowest BCUT2D eigenvalue weighted by atomic mass is 10.1. The summed E-state index contributed by atoms with van der Waals surface area (Å²) < 4.78 is 0. The van der Waals surface area contributed by atoms with Crippen LogP contribution in [0, 0.1) is 0 Å². The zero-order valence-electron chi connectivity index (χ0n) is 8.91. The molecule has 2 aromatic rings. The molecule has 1 aromatic heterocycles. The van der Waals surface area contributed by atoms with Crippen molar-refractivity contribution in [2.45, 2.75) is 6.42 Å². The summed E-state index contributed by atoms with van der Waals surface area (Å²) in [5.74, 6) is 0.173. The van der Waals surface area contributed by atoms with E-state index in [1.165, 1.54) is 0 Å². The van der Waals surface area contributed by atoms with Gasteiger partial charge < -0.3 is 5.32 Å². The first-order valence-electron chi connectivity index (χ1n) is 5.10. The Kier molecular flexibility index (Phi) is 3.82. The van der Waals surface area contributed by atoms with Gasteiger partial charge in [0.15, 0.2) is 0 Å². The van der Waals surface area contributed by atoms with Crippen LogP contribution in [0.4, 0.5) is 5.69 Å². The monoisotopic (exact) mass is 268 g/mol. The first-order chi connectivity index (χ1) is 8.20. The van der Waals surface area contributed by atoms with E-state index >= 15 is 0 Å². The third-order valence-corrected chi connectivity index (χ3v) is 2.72. The number of carbonyl (C=O) groups excluding carboxylic acids is 1. The number of fused-ring (bicyclic) bond motifs is 1. The van der Waals surface area contributed by atoms with E-state index in [0.717, 1.165) is 10.8 Å². The molecule has 0 saturated carbocycles. The normalized spacial score (nSPS) is 10.5. The average Bonchev–Trinajstić information content (AvgIpc) is 2.29. The van der Waals surface area contributed by atoms with Gasteiger partial charge in [-0.15, -0.1) is 11.6 Å². The van der Waals surface area contributed by atoms with Crippen LogP contribution < -0.4 is 5.32 Å². The molecule has 5 heteroatoms. The SMILES string of the molecule is O=C(CCCl)Nc1cc(Cl)cc2cnccc12. The maximum atomic E-state index is 11.5. The molecular weight excluding hydrogens is 259 g/mol. The molecule has 3 nitrogen and oxygen atoms in total. The third-order valence-electron chi connectivity index (χ3n) is 2.31. The Morgan fingerprint density at radius 3 is 3.00 bits per heavy atom. The Morgan fingerprint density at radius 1 is 1.41 bits per heavy atom. The molecule has 0 saturated heterocycles. The van der Waals surface area contributed by atoms with Gasteiger partial charge in [0.05, 0.1) is 5.69 Å². The van der Waals surface area contributed by atoms with Gasteiger partial charge in [0.25, 0.3) is 0 Å². The first kappa shape index (κ1) is 12.1. The van der Waals surface area contributed by atoms with E-state index in [0.29, 0.717) is 16.6 Å². The Labute approximate surface area is 109 Å². The molecular formula is C12H10Cl2N2O. The van der Waals surface area contributed by atoms with E-state index in [2.05, 4.69) is 10.3 Å². The Hall–Kier alpha value is -1.32. The molecule has 0 aliphatic heterocycles. The van der Waals surface area contributed by atoms with Crippen molar-refractivity contribution in [3.05, 3.63) is 35.6 Å². The van der Waals surface area contributed by atoms with Crippen LogP contribution in [0.5, 0.6) is 0 Å². The van der Waals surface area contributed by atoms with Crippen LogP contribution in [0.2, 0.25) is 5.02 Å². The van der Waals surface area contributed by atoms with Crippen molar-refractivity contribution in [3.8, 4) is 0 Å². The lowest BCUT2D eigenvalue weighted by molar-refractivity contribution is -0.115. The molecule has 0 radical (unpaired) electrons. The van der Waals surface area contributed by atoms with E-state index in [4.69, 9.17) is 23.2 Å². The van der Waals surface area contributed by atoms with Gasteiger partial charge in [-0.25, -0.2) is 0 Å². The van der Waals surface area contributed by atoms with Crippen molar-refractivity contribution in [2.24, 2.45) is 0 Å². The summed E-state index contributed by atoms with van der Waals surface area (Å²) >= 11 is 11.5. The number of aromatic nitrogens is 1. The fourth-order valence-electron chi connectivity index (χ4n) is 1.57. The highest BCUT2D eigenvalue weighted by Crippen LogP contribution is 2.27. The quantitative estimate of drug-likeness (QED) is 0.867. The van der Waals surface area contributed by atoms with Crippen molar-refractivity contribution in [1.29, 1.82) is 0 Å². The van der Waals surface area contributed by atoms with Crippen molar-refractivity contribution in [3.63, 3.8) is 0 Å². The van der Waals surface area contributed by atoms with Gasteiger partial charge in [-0.05, 0) is 18.2 Å². The second kappa shape index (κ2) is 5.34. The number of alkyl halides is 1. The zero-order chi connectivity index (χ0) is 12.3. The molecule has 0 aliphatic rings. The predicted octanol–water partition coefficient (Wildman–Crippen LogP) is 3.46. The van der Waals surface area contributed by atoms with Gasteiger partial charge in [0.1, 0.15) is 0 Å². The van der Waals surface area contributed by atoms with Crippen LogP contribution in [0.1, 0.15) is 6.42 Å². The molecule has 0 spiro atoms. The molecule has 0 bridgehead atoms. The van der Waals surface area contributed by atoms with Gasteiger partial charge in [-0.1, -0.05) is 11.6 Å². The first-order valence-corrected chi connectivity index (χ1v) is 6.01. The molecule has 1 N–H and O–H groups in total. The number of hydrogen-bond acceptors (Lipinski definition) is 2. The summed E-state index contributed by atoms with van der Waals surface area (Å²) in [7, 11) is 0. The van der Waals surface area contributed by atoms with Crippen LogP contribution in [0.25, 0.3) is 10.8 Å². The number of benzene rings is 1. The summed E-state index contributed by atoms with van der Waals surface area (Å²) in [6.45, 7) is 0.